The highest BCUT2D eigenvalue weighted by Gasteiger charge is 2.18. The molecule has 0 aliphatic heterocycles. The Bertz CT molecular complexity index is 1160. The van der Waals surface area contributed by atoms with Crippen LogP contribution in [0.5, 0.6) is 5.75 Å². The van der Waals surface area contributed by atoms with Crippen LogP contribution in [0, 0.1) is 18.6 Å². The first-order valence-electron chi connectivity index (χ1n) is 9.22. The van der Waals surface area contributed by atoms with E-state index < -0.39 is 26.6 Å². The summed E-state index contributed by atoms with van der Waals surface area (Å²) in [5, 5.41) is 6.07. The fraction of sp³-hybridized carbons (Fsp3) is 0.200. The second-order valence-electron chi connectivity index (χ2n) is 6.47. The molecule has 0 amide bonds. The largest absolute Gasteiger partial charge is 0.497 e. The number of nitrogens with one attached hydrogen (secondary N) is 3. The van der Waals surface area contributed by atoms with Gasteiger partial charge in [0.25, 0.3) is 0 Å². The third-order valence-corrected chi connectivity index (χ3v) is 5.59. The van der Waals surface area contributed by atoms with Gasteiger partial charge in [-0.2, -0.15) is 4.98 Å². The highest BCUT2D eigenvalue weighted by molar-refractivity contribution is 7.89. The topological polar surface area (TPSA) is 105 Å². The molecule has 2 aromatic carbocycles. The van der Waals surface area contributed by atoms with E-state index in [0.29, 0.717) is 23.5 Å². The molecule has 31 heavy (non-hydrogen) atoms. The van der Waals surface area contributed by atoms with Crippen LogP contribution in [-0.4, -0.2) is 38.6 Å². The van der Waals surface area contributed by atoms with Crippen LogP contribution in [0.25, 0.3) is 0 Å². The van der Waals surface area contributed by atoms with Crippen molar-refractivity contribution >= 4 is 27.5 Å². The van der Waals surface area contributed by atoms with Crippen molar-refractivity contribution in [3.63, 3.8) is 0 Å². The van der Waals surface area contributed by atoms with Crippen LogP contribution in [0.1, 0.15) is 5.69 Å². The van der Waals surface area contributed by atoms with Gasteiger partial charge in [0.2, 0.25) is 16.0 Å². The number of anilines is 3. The Balaban J connectivity index is 1.59. The van der Waals surface area contributed by atoms with Gasteiger partial charge in [0, 0.05) is 36.6 Å². The molecule has 0 unspecified atom stereocenters. The van der Waals surface area contributed by atoms with Crippen molar-refractivity contribution in [2.45, 2.75) is 11.8 Å². The molecule has 1 aromatic heterocycles. The lowest BCUT2D eigenvalue weighted by atomic mass is 10.3. The number of hydrogen-bond acceptors (Lipinski definition) is 7. The Hall–Kier alpha value is -3.31. The average molecular weight is 449 g/mol. The second kappa shape index (κ2) is 9.67. The molecule has 0 aliphatic carbocycles. The molecular formula is C20H21F2N5O3S. The van der Waals surface area contributed by atoms with Crippen LogP contribution in [0.4, 0.5) is 26.2 Å². The Morgan fingerprint density at radius 1 is 1.00 bits per heavy atom. The van der Waals surface area contributed by atoms with Crippen molar-refractivity contribution in [2.24, 2.45) is 0 Å². The average Bonchev–Trinajstić information content (AvgIpc) is 2.71. The summed E-state index contributed by atoms with van der Waals surface area (Å²) in [4.78, 5) is 7.98. The lowest BCUT2D eigenvalue weighted by Gasteiger charge is -2.11. The number of halogens is 2. The van der Waals surface area contributed by atoms with Gasteiger partial charge >= 0.3 is 0 Å². The number of methoxy groups -OCH3 is 1. The van der Waals surface area contributed by atoms with E-state index in [4.69, 9.17) is 4.74 Å². The van der Waals surface area contributed by atoms with Gasteiger partial charge in [-0.1, -0.05) is 0 Å². The summed E-state index contributed by atoms with van der Waals surface area (Å²) in [6, 6.07) is 11.3. The minimum atomic E-state index is -4.12. The summed E-state index contributed by atoms with van der Waals surface area (Å²) >= 11 is 0. The lowest BCUT2D eigenvalue weighted by molar-refractivity contribution is 0.415. The highest BCUT2D eigenvalue weighted by Crippen LogP contribution is 2.20. The molecule has 8 nitrogen and oxygen atoms in total. The molecule has 0 fully saturated rings. The predicted molar refractivity (Wildman–Crippen MR) is 113 cm³/mol. The summed E-state index contributed by atoms with van der Waals surface area (Å²) in [6.45, 7) is 1.89. The molecule has 0 atom stereocenters. The SMILES string of the molecule is COc1ccc(Nc2cc(C)nc(NCCNS(=O)(=O)c3ccc(F)cc3F)n2)cc1. The van der Waals surface area contributed by atoms with Crippen LogP contribution in [0.15, 0.2) is 53.4 Å². The van der Waals surface area contributed by atoms with Crippen molar-refractivity contribution < 1.29 is 21.9 Å². The monoisotopic (exact) mass is 449 g/mol. The normalized spacial score (nSPS) is 11.2. The maximum atomic E-state index is 13.7. The van der Waals surface area contributed by atoms with E-state index in [1.807, 2.05) is 24.3 Å². The molecule has 0 bridgehead atoms. The zero-order chi connectivity index (χ0) is 22.4. The fourth-order valence-corrected chi connectivity index (χ4v) is 3.75. The third-order valence-electron chi connectivity index (χ3n) is 4.10. The maximum absolute atomic E-state index is 13.7. The summed E-state index contributed by atoms with van der Waals surface area (Å²) < 4.78 is 58.4. The number of aromatic nitrogens is 2. The Morgan fingerprint density at radius 2 is 1.74 bits per heavy atom. The van der Waals surface area contributed by atoms with Crippen molar-refractivity contribution in [1.82, 2.24) is 14.7 Å². The van der Waals surface area contributed by atoms with E-state index in [2.05, 4.69) is 25.3 Å². The first-order chi connectivity index (χ1) is 14.8. The Morgan fingerprint density at radius 3 is 2.42 bits per heavy atom. The van der Waals surface area contributed by atoms with Gasteiger partial charge in [0.05, 0.1) is 7.11 Å². The number of ether oxygens (including phenoxy) is 1. The van der Waals surface area contributed by atoms with Gasteiger partial charge in [-0.05, 0) is 43.3 Å². The molecule has 0 spiro atoms. The smallest absolute Gasteiger partial charge is 0.243 e. The van der Waals surface area contributed by atoms with Crippen molar-refractivity contribution in [3.05, 3.63) is 65.9 Å². The van der Waals surface area contributed by atoms with Crippen LogP contribution in [0.2, 0.25) is 0 Å². The third kappa shape index (κ3) is 6.09. The van der Waals surface area contributed by atoms with Crippen LogP contribution < -0.4 is 20.1 Å². The van der Waals surface area contributed by atoms with E-state index in [9.17, 15) is 17.2 Å². The van der Waals surface area contributed by atoms with E-state index in [1.165, 1.54) is 0 Å². The highest BCUT2D eigenvalue weighted by atomic mass is 32.2. The second-order valence-corrected chi connectivity index (χ2v) is 8.21. The molecule has 11 heteroatoms. The minimum absolute atomic E-state index is 0.0578. The van der Waals surface area contributed by atoms with Crippen LogP contribution in [0.3, 0.4) is 0 Å². The number of sulfonamides is 1. The summed E-state index contributed by atoms with van der Waals surface area (Å²) in [5.41, 5.74) is 1.50. The fourth-order valence-electron chi connectivity index (χ4n) is 2.66. The Kier molecular flexibility index (Phi) is 6.98. The van der Waals surface area contributed by atoms with Gasteiger partial charge in [0.15, 0.2) is 0 Å². The Labute approximate surface area is 178 Å². The van der Waals surface area contributed by atoms with Crippen LogP contribution >= 0.6 is 0 Å². The maximum Gasteiger partial charge on any atom is 0.243 e. The molecular weight excluding hydrogens is 428 g/mol. The van der Waals surface area contributed by atoms with Crippen molar-refractivity contribution in [3.8, 4) is 5.75 Å². The molecule has 3 N–H and O–H groups in total. The quantitative estimate of drug-likeness (QED) is 0.431. The first-order valence-corrected chi connectivity index (χ1v) is 10.7. The number of rotatable bonds is 9. The zero-order valence-corrected chi connectivity index (χ0v) is 17.6. The van der Waals surface area contributed by atoms with Gasteiger partial charge in [0.1, 0.15) is 28.1 Å². The van der Waals surface area contributed by atoms with Gasteiger partial charge in [-0.25, -0.2) is 26.9 Å². The van der Waals surface area contributed by atoms with E-state index >= 15 is 0 Å². The standard InChI is InChI=1S/C20H21F2N5O3S/c1-13-11-19(26-15-4-6-16(30-2)7-5-15)27-20(25-13)23-9-10-24-31(28,29)18-8-3-14(21)12-17(18)22/h3-8,11-12,24H,9-10H2,1-2H3,(H2,23,25,26,27). The summed E-state index contributed by atoms with van der Waals surface area (Å²) in [6.07, 6.45) is 0. The van der Waals surface area contributed by atoms with E-state index in [-0.39, 0.29) is 13.1 Å². The molecule has 0 saturated heterocycles. The first kappa shape index (κ1) is 22.4. The molecule has 0 saturated carbocycles. The van der Waals surface area contributed by atoms with Gasteiger partial charge in [-0.15, -0.1) is 0 Å². The summed E-state index contributed by atoms with van der Waals surface area (Å²) in [7, 11) is -2.53. The van der Waals surface area contributed by atoms with Crippen molar-refractivity contribution in [1.29, 1.82) is 0 Å². The molecule has 3 rings (SSSR count). The molecule has 0 aliphatic rings. The number of benzene rings is 2. The zero-order valence-electron chi connectivity index (χ0n) is 16.8. The van der Waals surface area contributed by atoms with Gasteiger partial charge < -0.3 is 15.4 Å². The number of nitrogens with zero attached hydrogens (tertiary/aromatic N) is 2. The summed E-state index contributed by atoms with van der Waals surface area (Å²) in [5.74, 6) is -0.433. The van der Waals surface area contributed by atoms with Gasteiger partial charge in [-0.3, -0.25) is 0 Å². The van der Waals surface area contributed by atoms with E-state index in [1.54, 1.807) is 20.1 Å². The number of aryl methyl sites for hydroxylation is 1. The van der Waals surface area contributed by atoms with E-state index in [0.717, 1.165) is 23.6 Å². The minimum Gasteiger partial charge on any atom is -0.497 e. The molecule has 0 radical (unpaired) electrons. The van der Waals surface area contributed by atoms with Crippen molar-refractivity contribution in [2.75, 3.05) is 30.8 Å². The molecule has 3 aromatic rings. The lowest BCUT2D eigenvalue weighted by Crippen LogP contribution is -2.30. The number of hydrogen-bond donors (Lipinski definition) is 3. The molecule has 164 valence electrons. The molecule has 1 heterocycles. The predicted octanol–water partition coefficient (Wildman–Crippen LogP) is 3.21. The van der Waals surface area contributed by atoms with Crippen LogP contribution in [-0.2, 0) is 10.0 Å².